The van der Waals surface area contributed by atoms with E-state index in [1.807, 2.05) is 0 Å². The molecule has 2 nitrogen and oxygen atoms in total. The lowest BCUT2D eigenvalue weighted by Crippen LogP contribution is -2.15. The minimum Gasteiger partial charge on any atom is -0.244 e. The second kappa shape index (κ2) is 9.70. The largest absolute Gasteiger partial charge is 0.244 e. The topological polar surface area (TPSA) is 25.8 Å². The van der Waals surface area contributed by atoms with Crippen LogP contribution in [0.5, 0.6) is 0 Å². The highest BCUT2D eigenvalue weighted by molar-refractivity contribution is 6.11. The van der Waals surface area contributed by atoms with Gasteiger partial charge in [0.2, 0.25) is 0 Å². The van der Waals surface area contributed by atoms with Gasteiger partial charge in [0.25, 0.3) is 0 Å². The quantitative estimate of drug-likeness (QED) is 0.196. The van der Waals surface area contributed by atoms with Gasteiger partial charge in [0.15, 0.2) is 0 Å². The van der Waals surface area contributed by atoms with Crippen LogP contribution in [0, 0.1) is 0 Å². The maximum absolute atomic E-state index is 5.54. The number of hydrogen-bond acceptors (Lipinski definition) is 2. The number of aromatic nitrogens is 2. The molecule has 0 N–H and O–H groups in total. The molecule has 0 saturated carbocycles. The third kappa shape index (κ3) is 3.89. The molecule has 0 spiro atoms. The van der Waals surface area contributed by atoms with Gasteiger partial charge in [-0.25, -0.2) is 9.97 Å². The van der Waals surface area contributed by atoms with Crippen LogP contribution in [0.1, 0.15) is 25.0 Å². The Bertz CT molecular complexity index is 2440. The lowest BCUT2D eigenvalue weighted by atomic mass is 9.80. The third-order valence-electron chi connectivity index (χ3n) is 9.65. The molecule has 45 heavy (non-hydrogen) atoms. The van der Waals surface area contributed by atoms with Crippen molar-refractivity contribution in [1.82, 2.24) is 9.97 Å². The van der Waals surface area contributed by atoms with Crippen molar-refractivity contribution in [2.24, 2.45) is 0 Å². The molecule has 0 amide bonds. The number of rotatable bonds is 3. The van der Waals surface area contributed by atoms with E-state index in [9.17, 15) is 0 Å². The Kier molecular flexibility index (Phi) is 5.58. The van der Waals surface area contributed by atoms with Crippen LogP contribution < -0.4 is 0 Å². The first-order chi connectivity index (χ1) is 22.1. The zero-order valence-corrected chi connectivity index (χ0v) is 25.3. The maximum Gasteiger partial charge on any atom is 0.0985 e. The second-order valence-corrected chi connectivity index (χ2v) is 12.6. The first-order valence-electron chi connectivity index (χ1n) is 15.6. The van der Waals surface area contributed by atoms with Crippen molar-refractivity contribution in [2.75, 3.05) is 0 Å². The van der Waals surface area contributed by atoms with Gasteiger partial charge in [-0.05, 0) is 61.7 Å². The Balaban J connectivity index is 1.40. The summed E-state index contributed by atoms with van der Waals surface area (Å²) in [6.07, 6.45) is 0. The van der Waals surface area contributed by atoms with Crippen molar-refractivity contribution in [3.05, 3.63) is 157 Å². The normalized spacial score (nSPS) is 13.3. The summed E-state index contributed by atoms with van der Waals surface area (Å²) in [5, 5.41) is 4.70. The summed E-state index contributed by atoms with van der Waals surface area (Å²) in [6.45, 7) is 4.69. The molecule has 212 valence electrons. The van der Waals surface area contributed by atoms with Crippen LogP contribution in [-0.2, 0) is 5.41 Å². The fraction of sp³-hybridized carbons (Fsp3) is 0.0698. The fourth-order valence-electron chi connectivity index (χ4n) is 7.37. The highest BCUT2D eigenvalue weighted by atomic mass is 14.8. The first-order valence-corrected chi connectivity index (χ1v) is 15.6. The predicted octanol–water partition coefficient (Wildman–Crippen LogP) is 11.2. The van der Waals surface area contributed by atoms with Gasteiger partial charge in [0.05, 0.1) is 22.4 Å². The standard InChI is InChI=1S/C43H30N2/c1-43(2)35-19-11-10-18-34(35)38-36(43)26-31-15-7-8-16-32(31)39(38)42-40(30-22-20-28(21-23-30)27-12-4-3-5-13-27)45-41-33-17-9-6-14-29(33)24-25-37(41)44-42/h3-26H,1-2H3. The lowest BCUT2D eigenvalue weighted by Gasteiger charge is -2.23. The fourth-order valence-corrected chi connectivity index (χ4v) is 7.37. The van der Waals surface area contributed by atoms with Crippen LogP contribution in [0.3, 0.4) is 0 Å². The van der Waals surface area contributed by atoms with Crippen LogP contribution in [0.15, 0.2) is 146 Å². The van der Waals surface area contributed by atoms with E-state index in [0.29, 0.717) is 0 Å². The van der Waals surface area contributed by atoms with Crippen LogP contribution >= 0.6 is 0 Å². The molecule has 9 rings (SSSR count). The van der Waals surface area contributed by atoms with Crippen molar-refractivity contribution < 1.29 is 0 Å². The molecule has 1 heterocycles. The van der Waals surface area contributed by atoms with Gasteiger partial charge in [-0.2, -0.15) is 0 Å². The molecule has 0 bridgehead atoms. The van der Waals surface area contributed by atoms with E-state index in [1.54, 1.807) is 0 Å². The molecule has 0 fully saturated rings. The Labute approximate surface area is 262 Å². The van der Waals surface area contributed by atoms with Gasteiger partial charge in [-0.3, -0.25) is 0 Å². The van der Waals surface area contributed by atoms with Gasteiger partial charge in [-0.1, -0.05) is 147 Å². The van der Waals surface area contributed by atoms with E-state index >= 15 is 0 Å². The van der Waals surface area contributed by atoms with Gasteiger partial charge < -0.3 is 0 Å². The Morgan fingerprint density at radius 3 is 1.91 bits per heavy atom. The summed E-state index contributed by atoms with van der Waals surface area (Å²) in [5.74, 6) is 0. The van der Waals surface area contributed by atoms with Crippen molar-refractivity contribution in [1.29, 1.82) is 0 Å². The maximum atomic E-state index is 5.54. The van der Waals surface area contributed by atoms with E-state index in [-0.39, 0.29) is 5.41 Å². The second-order valence-electron chi connectivity index (χ2n) is 12.6. The van der Waals surface area contributed by atoms with E-state index in [0.717, 1.165) is 38.9 Å². The lowest BCUT2D eigenvalue weighted by molar-refractivity contribution is 0.661. The zero-order chi connectivity index (χ0) is 30.1. The van der Waals surface area contributed by atoms with Gasteiger partial charge in [0.1, 0.15) is 0 Å². The number of hydrogen-bond donors (Lipinski definition) is 0. The van der Waals surface area contributed by atoms with Crippen molar-refractivity contribution >= 4 is 32.6 Å². The van der Waals surface area contributed by atoms with Gasteiger partial charge in [0, 0.05) is 21.9 Å². The summed E-state index contributed by atoms with van der Waals surface area (Å²) in [6, 6.07) is 52.1. The Morgan fingerprint density at radius 2 is 1.09 bits per heavy atom. The molecule has 0 saturated heterocycles. The molecular formula is C43H30N2. The molecule has 0 atom stereocenters. The minimum absolute atomic E-state index is 0.136. The average Bonchev–Trinajstić information content (AvgIpc) is 3.33. The predicted molar refractivity (Wildman–Crippen MR) is 188 cm³/mol. The molecule has 0 aliphatic heterocycles. The van der Waals surface area contributed by atoms with E-state index in [4.69, 9.17) is 9.97 Å². The van der Waals surface area contributed by atoms with E-state index in [2.05, 4.69) is 159 Å². The first kappa shape index (κ1) is 25.9. The SMILES string of the molecule is CC1(C)c2ccccc2-c2c1cc1ccccc1c2-c1nc2ccc3ccccc3c2nc1-c1ccc(-c2ccccc2)cc1. The number of fused-ring (bicyclic) bond motifs is 7. The molecular weight excluding hydrogens is 544 g/mol. The van der Waals surface area contributed by atoms with Crippen LogP contribution in [0.25, 0.3) is 77.3 Å². The summed E-state index contributed by atoms with van der Waals surface area (Å²) < 4.78 is 0. The zero-order valence-electron chi connectivity index (χ0n) is 25.3. The molecule has 1 aliphatic rings. The molecule has 7 aromatic carbocycles. The summed E-state index contributed by atoms with van der Waals surface area (Å²) >= 11 is 0. The van der Waals surface area contributed by atoms with Crippen molar-refractivity contribution in [3.8, 4) is 44.8 Å². The van der Waals surface area contributed by atoms with Gasteiger partial charge >= 0.3 is 0 Å². The van der Waals surface area contributed by atoms with E-state index < -0.39 is 0 Å². The third-order valence-corrected chi connectivity index (χ3v) is 9.65. The molecule has 1 aliphatic carbocycles. The van der Waals surface area contributed by atoms with Crippen LogP contribution in [0.2, 0.25) is 0 Å². The molecule has 0 radical (unpaired) electrons. The molecule has 0 unspecified atom stereocenters. The number of benzene rings is 7. The smallest absolute Gasteiger partial charge is 0.0985 e. The Morgan fingerprint density at radius 1 is 0.444 bits per heavy atom. The number of nitrogens with zero attached hydrogens (tertiary/aromatic N) is 2. The average molecular weight is 575 g/mol. The Hall–Kier alpha value is -5.60. The monoisotopic (exact) mass is 574 g/mol. The van der Waals surface area contributed by atoms with Crippen LogP contribution in [0.4, 0.5) is 0 Å². The summed E-state index contributed by atoms with van der Waals surface area (Å²) in [5.41, 5.74) is 13.4. The van der Waals surface area contributed by atoms with Crippen molar-refractivity contribution in [3.63, 3.8) is 0 Å². The molecule has 8 aromatic rings. The summed E-state index contributed by atoms with van der Waals surface area (Å²) in [4.78, 5) is 11.1. The summed E-state index contributed by atoms with van der Waals surface area (Å²) in [7, 11) is 0. The highest BCUT2D eigenvalue weighted by Crippen LogP contribution is 2.55. The molecule has 1 aromatic heterocycles. The van der Waals surface area contributed by atoms with Gasteiger partial charge in [-0.15, -0.1) is 0 Å². The van der Waals surface area contributed by atoms with Crippen molar-refractivity contribution in [2.45, 2.75) is 19.3 Å². The minimum atomic E-state index is -0.136. The highest BCUT2D eigenvalue weighted by Gasteiger charge is 2.38. The van der Waals surface area contributed by atoms with Crippen LogP contribution in [-0.4, -0.2) is 9.97 Å². The molecule has 2 heteroatoms. The van der Waals surface area contributed by atoms with E-state index in [1.165, 1.54) is 49.5 Å².